The van der Waals surface area contributed by atoms with Crippen LogP contribution in [0.25, 0.3) is 0 Å². The number of carbonyl (C=O) groups excluding carboxylic acids is 1. The molecule has 1 aliphatic rings. The number of rotatable bonds is 0. The van der Waals surface area contributed by atoms with Crippen molar-refractivity contribution in [3.8, 4) is 0 Å². The molecule has 0 bridgehead atoms. The fourth-order valence-electron chi connectivity index (χ4n) is 0.762. The molecule has 0 atom stereocenters. The van der Waals surface area contributed by atoms with Crippen molar-refractivity contribution in [2.45, 2.75) is 0 Å². The van der Waals surface area contributed by atoms with Gasteiger partial charge in [0.05, 0.1) is 0 Å². The van der Waals surface area contributed by atoms with E-state index in [4.69, 9.17) is 0 Å². The van der Waals surface area contributed by atoms with Gasteiger partial charge in [-0.05, 0) is 6.08 Å². The SMILES string of the molecule is CNC(=O)N1C=CC=CC1. The number of allylic oxidation sites excluding steroid dienone is 2. The molecule has 0 aromatic rings. The lowest BCUT2D eigenvalue weighted by molar-refractivity contribution is 0.220. The Labute approximate surface area is 60.0 Å². The van der Waals surface area contributed by atoms with Gasteiger partial charge in [-0.15, -0.1) is 0 Å². The number of hydrogen-bond donors (Lipinski definition) is 1. The van der Waals surface area contributed by atoms with Crippen LogP contribution in [-0.2, 0) is 0 Å². The van der Waals surface area contributed by atoms with Gasteiger partial charge in [-0.2, -0.15) is 0 Å². The minimum absolute atomic E-state index is 0.0689. The monoisotopic (exact) mass is 138 g/mol. The second-order valence-electron chi connectivity index (χ2n) is 1.98. The molecular weight excluding hydrogens is 128 g/mol. The predicted octanol–water partition coefficient (Wildman–Crippen LogP) is 0.711. The van der Waals surface area contributed by atoms with E-state index in [1.165, 1.54) is 0 Å². The van der Waals surface area contributed by atoms with Crippen molar-refractivity contribution in [1.82, 2.24) is 10.2 Å². The maximum absolute atomic E-state index is 10.9. The summed E-state index contributed by atoms with van der Waals surface area (Å²) in [5.41, 5.74) is 0. The minimum atomic E-state index is -0.0689. The number of amides is 2. The third-order valence-corrected chi connectivity index (χ3v) is 1.29. The largest absolute Gasteiger partial charge is 0.341 e. The molecule has 3 nitrogen and oxygen atoms in total. The van der Waals surface area contributed by atoms with Crippen LogP contribution < -0.4 is 5.32 Å². The summed E-state index contributed by atoms with van der Waals surface area (Å²) in [6.45, 7) is 0.663. The maximum Gasteiger partial charge on any atom is 0.321 e. The second-order valence-corrected chi connectivity index (χ2v) is 1.98. The van der Waals surface area contributed by atoms with Gasteiger partial charge < -0.3 is 5.32 Å². The third kappa shape index (κ3) is 1.37. The van der Waals surface area contributed by atoms with Crippen LogP contribution in [0.5, 0.6) is 0 Å². The number of nitrogens with zero attached hydrogens (tertiary/aromatic N) is 1. The quantitative estimate of drug-likeness (QED) is 0.525. The van der Waals surface area contributed by atoms with Crippen LogP contribution in [-0.4, -0.2) is 24.5 Å². The Morgan fingerprint density at radius 2 is 2.40 bits per heavy atom. The van der Waals surface area contributed by atoms with Crippen LogP contribution in [0.4, 0.5) is 4.79 Å². The Morgan fingerprint density at radius 3 is 2.90 bits per heavy atom. The van der Waals surface area contributed by atoms with Crippen LogP contribution in [0.2, 0.25) is 0 Å². The van der Waals surface area contributed by atoms with Gasteiger partial charge in [0.1, 0.15) is 0 Å². The highest BCUT2D eigenvalue weighted by Crippen LogP contribution is 1.97. The zero-order chi connectivity index (χ0) is 7.40. The molecule has 0 radical (unpaired) electrons. The van der Waals surface area contributed by atoms with Crippen LogP contribution in [0, 0.1) is 0 Å². The van der Waals surface area contributed by atoms with Gasteiger partial charge >= 0.3 is 6.03 Å². The molecule has 54 valence electrons. The minimum Gasteiger partial charge on any atom is -0.341 e. The van der Waals surface area contributed by atoms with Crippen molar-refractivity contribution >= 4 is 6.03 Å². The van der Waals surface area contributed by atoms with Gasteiger partial charge in [-0.3, -0.25) is 4.90 Å². The van der Waals surface area contributed by atoms with E-state index in [2.05, 4.69) is 5.32 Å². The van der Waals surface area contributed by atoms with Gasteiger partial charge in [0, 0.05) is 19.8 Å². The number of nitrogens with one attached hydrogen (secondary N) is 1. The van der Waals surface area contributed by atoms with Crippen molar-refractivity contribution in [3.63, 3.8) is 0 Å². The first-order chi connectivity index (χ1) is 4.84. The molecule has 1 heterocycles. The van der Waals surface area contributed by atoms with Gasteiger partial charge in [-0.1, -0.05) is 12.2 Å². The van der Waals surface area contributed by atoms with E-state index < -0.39 is 0 Å². The van der Waals surface area contributed by atoms with Crippen LogP contribution in [0.3, 0.4) is 0 Å². The Hall–Kier alpha value is -1.25. The summed E-state index contributed by atoms with van der Waals surface area (Å²) in [7, 11) is 1.62. The topological polar surface area (TPSA) is 32.3 Å². The summed E-state index contributed by atoms with van der Waals surface area (Å²) < 4.78 is 0. The summed E-state index contributed by atoms with van der Waals surface area (Å²) in [5.74, 6) is 0. The van der Waals surface area contributed by atoms with E-state index in [1.807, 2.05) is 18.2 Å². The summed E-state index contributed by atoms with van der Waals surface area (Å²) in [4.78, 5) is 12.5. The Kier molecular flexibility index (Phi) is 2.10. The first-order valence-electron chi connectivity index (χ1n) is 3.16. The average molecular weight is 138 g/mol. The average Bonchev–Trinajstić information content (AvgIpc) is 2.05. The van der Waals surface area contributed by atoms with Crippen LogP contribution >= 0.6 is 0 Å². The number of hydrogen-bond acceptors (Lipinski definition) is 1. The highest BCUT2D eigenvalue weighted by molar-refractivity contribution is 5.75. The second kappa shape index (κ2) is 3.06. The van der Waals surface area contributed by atoms with Crippen LogP contribution in [0.15, 0.2) is 24.4 Å². The zero-order valence-corrected chi connectivity index (χ0v) is 5.87. The summed E-state index contributed by atoms with van der Waals surface area (Å²) in [6, 6.07) is -0.0689. The fraction of sp³-hybridized carbons (Fsp3) is 0.286. The van der Waals surface area contributed by atoms with Gasteiger partial charge in [0.2, 0.25) is 0 Å². The normalized spacial score (nSPS) is 15.5. The highest BCUT2D eigenvalue weighted by atomic mass is 16.2. The van der Waals surface area contributed by atoms with E-state index in [1.54, 1.807) is 18.1 Å². The Balaban J connectivity index is 2.51. The molecule has 0 unspecified atom stereocenters. The zero-order valence-electron chi connectivity index (χ0n) is 5.87. The molecule has 0 aromatic heterocycles. The van der Waals surface area contributed by atoms with Crippen molar-refractivity contribution in [2.24, 2.45) is 0 Å². The van der Waals surface area contributed by atoms with Gasteiger partial charge in [0.25, 0.3) is 0 Å². The number of carbonyl (C=O) groups is 1. The predicted molar refractivity (Wildman–Crippen MR) is 39.4 cm³/mol. The van der Waals surface area contributed by atoms with Crippen molar-refractivity contribution in [2.75, 3.05) is 13.6 Å². The maximum atomic E-state index is 10.9. The van der Waals surface area contributed by atoms with E-state index in [0.717, 1.165) is 0 Å². The molecule has 1 N–H and O–H groups in total. The van der Waals surface area contributed by atoms with Crippen molar-refractivity contribution < 1.29 is 4.79 Å². The van der Waals surface area contributed by atoms with E-state index in [9.17, 15) is 4.79 Å². The Morgan fingerprint density at radius 1 is 1.60 bits per heavy atom. The fourth-order valence-corrected chi connectivity index (χ4v) is 0.762. The molecule has 1 rings (SSSR count). The lowest BCUT2D eigenvalue weighted by atomic mass is 10.4. The lowest BCUT2D eigenvalue weighted by Crippen LogP contribution is -2.34. The molecular formula is C7H10N2O. The summed E-state index contributed by atoms with van der Waals surface area (Å²) in [6.07, 6.45) is 7.42. The van der Waals surface area contributed by atoms with Crippen molar-refractivity contribution in [3.05, 3.63) is 24.4 Å². The smallest absolute Gasteiger partial charge is 0.321 e. The van der Waals surface area contributed by atoms with Crippen LogP contribution in [0.1, 0.15) is 0 Å². The molecule has 2 amide bonds. The molecule has 10 heavy (non-hydrogen) atoms. The Bertz CT molecular complexity index is 184. The molecule has 3 heteroatoms. The lowest BCUT2D eigenvalue weighted by Gasteiger charge is -2.16. The van der Waals surface area contributed by atoms with Gasteiger partial charge in [-0.25, -0.2) is 4.79 Å². The molecule has 0 aliphatic carbocycles. The first kappa shape index (κ1) is 6.86. The third-order valence-electron chi connectivity index (χ3n) is 1.29. The van der Waals surface area contributed by atoms with Crippen molar-refractivity contribution in [1.29, 1.82) is 0 Å². The molecule has 0 saturated carbocycles. The van der Waals surface area contributed by atoms with E-state index in [-0.39, 0.29) is 6.03 Å². The highest BCUT2D eigenvalue weighted by Gasteiger charge is 2.06. The summed E-state index contributed by atoms with van der Waals surface area (Å²) >= 11 is 0. The standard InChI is InChI=1S/C7H10N2O/c1-8-7(10)9-5-3-2-4-6-9/h2-5H,6H2,1H3,(H,8,10). The number of urea groups is 1. The first-order valence-corrected chi connectivity index (χ1v) is 3.16. The molecule has 0 aromatic carbocycles. The summed E-state index contributed by atoms with van der Waals surface area (Å²) in [5, 5.41) is 2.54. The van der Waals surface area contributed by atoms with E-state index >= 15 is 0 Å². The molecule has 1 aliphatic heterocycles. The molecule has 0 fully saturated rings. The van der Waals surface area contributed by atoms with E-state index in [0.29, 0.717) is 6.54 Å². The molecule has 0 saturated heterocycles. The van der Waals surface area contributed by atoms with Gasteiger partial charge in [0.15, 0.2) is 0 Å². The molecule has 0 spiro atoms.